The first-order valence-corrected chi connectivity index (χ1v) is 15.7. The molecule has 0 saturated heterocycles. The molecule has 0 aliphatic heterocycles. The molecule has 0 aromatic heterocycles. The number of carbonyl (C=O) groups excluding carboxylic acids is 3. The van der Waals surface area contributed by atoms with Crippen molar-refractivity contribution < 1.29 is 14.4 Å². The minimum atomic E-state index is -0.457. The highest BCUT2D eigenvalue weighted by Gasteiger charge is 2.19. The normalized spacial score (nSPS) is 12.0. The Hall–Kier alpha value is -4.62. The summed E-state index contributed by atoms with van der Waals surface area (Å²) in [5.41, 5.74) is 6.08. The van der Waals surface area contributed by atoms with E-state index in [1.165, 1.54) is 17.3 Å². The summed E-state index contributed by atoms with van der Waals surface area (Å²) < 4.78 is 0. The van der Waals surface area contributed by atoms with Gasteiger partial charge in [0.2, 0.25) is 5.91 Å². The highest BCUT2D eigenvalue weighted by Crippen LogP contribution is 2.28. The highest BCUT2D eigenvalue weighted by molar-refractivity contribution is 8.00. The molecular formula is C37H39N3O3S. The van der Waals surface area contributed by atoms with Crippen molar-refractivity contribution in [3.8, 4) is 0 Å². The zero-order valence-electron chi connectivity index (χ0n) is 25.8. The third kappa shape index (κ3) is 8.71. The molecule has 0 bridgehead atoms. The average molecular weight is 606 g/mol. The Balaban J connectivity index is 1.50. The molecular weight excluding hydrogens is 566 g/mol. The topological polar surface area (TPSA) is 87.3 Å². The van der Waals surface area contributed by atoms with Gasteiger partial charge in [-0.25, -0.2) is 0 Å². The molecule has 1 unspecified atom stereocenters. The molecule has 1 atom stereocenters. The summed E-state index contributed by atoms with van der Waals surface area (Å²) in [6, 6.07) is 30.0. The van der Waals surface area contributed by atoms with Crippen molar-refractivity contribution in [2.75, 3.05) is 10.6 Å². The summed E-state index contributed by atoms with van der Waals surface area (Å²) in [5, 5.41) is 8.43. The van der Waals surface area contributed by atoms with Gasteiger partial charge in [0.25, 0.3) is 11.8 Å². The van der Waals surface area contributed by atoms with E-state index in [4.69, 9.17) is 0 Å². The number of hydrogen-bond acceptors (Lipinski definition) is 4. The Kier molecular flexibility index (Phi) is 11.2. The number of aryl methyl sites for hydroxylation is 2. The van der Waals surface area contributed by atoms with Crippen molar-refractivity contribution >= 4 is 46.9 Å². The van der Waals surface area contributed by atoms with Crippen molar-refractivity contribution in [3.05, 3.63) is 131 Å². The first-order chi connectivity index (χ1) is 21.1. The summed E-state index contributed by atoms with van der Waals surface area (Å²) in [4.78, 5) is 40.5. The number of thioether (sulfide) groups is 1. The van der Waals surface area contributed by atoms with Crippen LogP contribution in [0.3, 0.4) is 0 Å². The van der Waals surface area contributed by atoms with Crippen LogP contribution in [0.5, 0.6) is 0 Å². The van der Waals surface area contributed by atoms with E-state index in [1.807, 2.05) is 80.6 Å². The number of rotatable bonds is 11. The van der Waals surface area contributed by atoms with Gasteiger partial charge in [-0.3, -0.25) is 14.4 Å². The fraction of sp³-hybridized carbons (Fsp3) is 0.216. The van der Waals surface area contributed by atoms with E-state index in [0.717, 1.165) is 33.7 Å². The van der Waals surface area contributed by atoms with E-state index in [0.29, 0.717) is 17.2 Å². The standard InChI is InChI=1S/C37H39N3O3S/c1-6-28-15-10-12-25(4)34(28)40-35(41)26(5)44-32-17-11-16-31(23-32)38-37(43)33(39-36(42)30-13-8-7-9-14-30)22-27-18-20-29(21-19-27)24(2)3/h7-24,26H,6H2,1-5H3,(H,38,43)(H,39,42)(H,40,41)/b33-22+. The molecule has 4 aromatic carbocycles. The summed E-state index contributed by atoms with van der Waals surface area (Å²) in [6.07, 6.45) is 2.49. The number of amides is 3. The van der Waals surface area contributed by atoms with Crippen LogP contribution in [0.25, 0.3) is 6.08 Å². The zero-order chi connectivity index (χ0) is 31.6. The quantitative estimate of drug-likeness (QED) is 0.119. The van der Waals surface area contributed by atoms with Crippen molar-refractivity contribution in [3.63, 3.8) is 0 Å². The minimum Gasteiger partial charge on any atom is -0.325 e. The molecule has 0 spiro atoms. The number of anilines is 2. The van der Waals surface area contributed by atoms with Crippen LogP contribution in [0.15, 0.2) is 108 Å². The van der Waals surface area contributed by atoms with Gasteiger partial charge in [-0.2, -0.15) is 0 Å². The fourth-order valence-electron chi connectivity index (χ4n) is 4.62. The molecule has 7 heteroatoms. The van der Waals surface area contributed by atoms with E-state index in [-0.39, 0.29) is 22.8 Å². The van der Waals surface area contributed by atoms with Gasteiger partial charge >= 0.3 is 0 Å². The molecule has 6 nitrogen and oxygen atoms in total. The molecule has 0 radical (unpaired) electrons. The molecule has 44 heavy (non-hydrogen) atoms. The average Bonchev–Trinajstić information content (AvgIpc) is 3.02. The predicted molar refractivity (Wildman–Crippen MR) is 182 cm³/mol. The number of carbonyl (C=O) groups is 3. The van der Waals surface area contributed by atoms with Crippen LogP contribution in [0.4, 0.5) is 11.4 Å². The maximum Gasteiger partial charge on any atom is 0.272 e. The van der Waals surface area contributed by atoms with Gasteiger partial charge in [0, 0.05) is 21.8 Å². The van der Waals surface area contributed by atoms with Gasteiger partial charge in [-0.15, -0.1) is 11.8 Å². The van der Waals surface area contributed by atoms with Gasteiger partial charge in [0.15, 0.2) is 0 Å². The molecule has 0 fully saturated rings. The lowest BCUT2D eigenvalue weighted by Crippen LogP contribution is -2.30. The molecule has 4 aromatic rings. The zero-order valence-corrected chi connectivity index (χ0v) is 26.6. The van der Waals surface area contributed by atoms with Crippen LogP contribution in [0.2, 0.25) is 0 Å². The Bertz CT molecular complexity index is 1650. The molecule has 0 aliphatic rings. The Morgan fingerprint density at radius 3 is 2.20 bits per heavy atom. The van der Waals surface area contributed by atoms with Gasteiger partial charge in [-0.1, -0.05) is 87.5 Å². The van der Waals surface area contributed by atoms with Crippen molar-refractivity contribution in [1.29, 1.82) is 0 Å². The smallest absolute Gasteiger partial charge is 0.272 e. The second-order valence-electron chi connectivity index (χ2n) is 10.9. The van der Waals surface area contributed by atoms with E-state index < -0.39 is 5.91 Å². The maximum absolute atomic E-state index is 13.5. The van der Waals surface area contributed by atoms with Crippen LogP contribution in [-0.2, 0) is 16.0 Å². The molecule has 3 amide bonds. The Morgan fingerprint density at radius 1 is 0.818 bits per heavy atom. The maximum atomic E-state index is 13.5. The molecule has 4 rings (SSSR count). The van der Waals surface area contributed by atoms with Crippen LogP contribution < -0.4 is 16.0 Å². The third-order valence-corrected chi connectivity index (χ3v) is 8.30. The number of nitrogens with one attached hydrogen (secondary N) is 3. The van der Waals surface area contributed by atoms with Crippen LogP contribution in [0, 0.1) is 6.92 Å². The summed E-state index contributed by atoms with van der Waals surface area (Å²) in [6.45, 7) is 10.2. The monoisotopic (exact) mass is 605 g/mol. The van der Waals surface area contributed by atoms with Crippen LogP contribution >= 0.6 is 11.8 Å². The van der Waals surface area contributed by atoms with Crippen molar-refractivity contribution in [1.82, 2.24) is 5.32 Å². The molecule has 0 aliphatic carbocycles. The van der Waals surface area contributed by atoms with Gasteiger partial charge in [0.1, 0.15) is 5.70 Å². The number of para-hydroxylation sites is 1. The minimum absolute atomic E-state index is 0.0919. The first-order valence-electron chi connectivity index (χ1n) is 14.8. The van der Waals surface area contributed by atoms with E-state index in [1.54, 1.807) is 36.4 Å². The van der Waals surface area contributed by atoms with Gasteiger partial charge in [-0.05, 0) is 84.8 Å². The second kappa shape index (κ2) is 15.2. The van der Waals surface area contributed by atoms with Gasteiger partial charge in [0.05, 0.1) is 5.25 Å². The lowest BCUT2D eigenvalue weighted by atomic mass is 10.0. The fourth-order valence-corrected chi connectivity index (χ4v) is 5.54. The molecule has 0 saturated carbocycles. The Morgan fingerprint density at radius 2 is 1.52 bits per heavy atom. The highest BCUT2D eigenvalue weighted by atomic mass is 32.2. The molecule has 3 N–H and O–H groups in total. The lowest BCUT2D eigenvalue weighted by Gasteiger charge is -2.17. The number of hydrogen-bond donors (Lipinski definition) is 3. The van der Waals surface area contributed by atoms with Crippen LogP contribution in [0.1, 0.15) is 66.2 Å². The predicted octanol–water partition coefficient (Wildman–Crippen LogP) is 8.21. The summed E-state index contributed by atoms with van der Waals surface area (Å²) >= 11 is 1.41. The third-order valence-electron chi connectivity index (χ3n) is 7.21. The van der Waals surface area contributed by atoms with Gasteiger partial charge < -0.3 is 16.0 Å². The lowest BCUT2D eigenvalue weighted by molar-refractivity contribution is -0.115. The Labute approximate surface area is 264 Å². The van der Waals surface area contributed by atoms with Crippen LogP contribution in [-0.4, -0.2) is 23.0 Å². The second-order valence-corrected chi connectivity index (χ2v) is 12.3. The summed E-state index contributed by atoms with van der Waals surface area (Å²) in [7, 11) is 0. The van der Waals surface area contributed by atoms with Crippen molar-refractivity contribution in [2.45, 2.75) is 57.1 Å². The SMILES string of the molecule is CCc1cccc(C)c1NC(=O)C(C)Sc1cccc(NC(=O)/C(=C\c2ccc(C(C)C)cc2)NC(=O)c2ccccc2)c1. The molecule has 0 heterocycles. The largest absolute Gasteiger partial charge is 0.325 e. The summed E-state index contributed by atoms with van der Waals surface area (Å²) in [5.74, 6) is -0.550. The van der Waals surface area contributed by atoms with E-state index in [9.17, 15) is 14.4 Å². The molecule has 226 valence electrons. The first kappa shape index (κ1) is 32.3. The number of benzene rings is 4. The van der Waals surface area contributed by atoms with E-state index in [2.05, 4.69) is 36.7 Å². The van der Waals surface area contributed by atoms with E-state index >= 15 is 0 Å². The van der Waals surface area contributed by atoms with Crippen molar-refractivity contribution in [2.24, 2.45) is 0 Å².